The molecule has 13 nitrogen and oxygen atoms in total. The van der Waals surface area contributed by atoms with E-state index in [1.165, 1.54) is 18.1 Å². The van der Waals surface area contributed by atoms with E-state index in [1.807, 2.05) is 0 Å². The lowest BCUT2D eigenvalue weighted by Gasteiger charge is -2.35. The molecular formula is C28H38BrN5O8S. The standard InChI is InChI=1S/C28H38BrN5O8S/c1-6-17-11-28(17,25(37)33-43(39,40)20-7-8-20)32-23(35)21-9-16(15-42-19-10-18(29)12-30-13-19)14-34(21)24(36)22(27(2,3)4)31-26(38)41-5/h6,10,12-13,16-17,20-22H,1,7-9,11,14-15H2,2-5H3,(H,31,38)(H,32,35)(H,33,37)/t16-,17?,21+,22-,28-/m1/s1. The van der Waals surface area contributed by atoms with Crippen molar-refractivity contribution in [3.05, 3.63) is 35.6 Å². The van der Waals surface area contributed by atoms with Gasteiger partial charge in [-0.1, -0.05) is 26.8 Å². The normalized spacial score (nSPS) is 25.7. The van der Waals surface area contributed by atoms with Crippen LogP contribution >= 0.6 is 15.9 Å². The number of carbonyl (C=O) groups excluding carboxylic acids is 4. The molecule has 1 saturated heterocycles. The molecule has 2 heterocycles. The van der Waals surface area contributed by atoms with E-state index in [9.17, 15) is 27.6 Å². The van der Waals surface area contributed by atoms with Crippen LogP contribution in [0.4, 0.5) is 4.79 Å². The molecule has 43 heavy (non-hydrogen) atoms. The van der Waals surface area contributed by atoms with Crippen molar-refractivity contribution < 1.29 is 37.1 Å². The lowest BCUT2D eigenvalue weighted by Crippen LogP contribution is -2.60. The number of aromatic nitrogens is 1. The number of ether oxygens (including phenoxy) is 2. The second-order valence-electron chi connectivity index (χ2n) is 12.4. The highest BCUT2D eigenvalue weighted by Crippen LogP contribution is 2.45. The number of amides is 4. The molecule has 0 aromatic carbocycles. The van der Waals surface area contributed by atoms with Gasteiger partial charge in [0.25, 0.3) is 5.91 Å². The van der Waals surface area contributed by atoms with E-state index in [-0.39, 0.29) is 31.9 Å². The molecule has 236 valence electrons. The minimum atomic E-state index is -3.85. The van der Waals surface area contributed by atoms with E-state index >= 15 is 0 Å². The summed E-state index contributed by atoms with van der Waals surface area (Å²) in [4.78, 5) is 58.7. The van der Waals surface area contributed by atoms with Crippen molar-refractivity contribution >= 4 is 49.8 Å². The first-order valence-electron chi connectivity index (χ1n) is 14.0. The van der Waals surface area contributed by atoms with Crippen molar-refractivity contribution in [2.24, 2.45) is 17.3 Å². The van der Waals surface area contributed by atoms with E-state index in [1.54, 1.807) is 39.2 Å². The summed E-state index contributed by atoms with van der Waals surface area (Å²) in [6.07, 6.45) is 5.18. The number of pyridine rings is 1. The van der Waals surface area contributed by atoms with E-state index in [0.717, 1.165) is 4.47 Å². The molecular weight excluding hydrogens is 646 g/mol. The van der Waals surface area contributed by atoms with Gasteiger partial charge in [-0.3, -0.25) is 24.1 Å². The molecule has 4 amide bonds. The van der Waals surface area contributed by atoms with E-state index in [0.29, 0.717) is 18.6 Å². The molecule has 3 aliphatic rings. The number of halogens is 1. The molecule has 1 unspecified atom stereocenters. The Kier molecular flexibility index (Phi) is 9.45. The molecule has 2 aliphatic carbocycles. The lowest BCUT2D eigenvalue weighted by molar-refractivity contribution is -0.142. The Labute approximate surface area is 259 Å². The Bertz CT molecular complexity index is 1400. The first-order valence-corrected chi connectivity index (χ1v) is 16.3. The van der Waals surface area contributed by atoms with Crippen LogP contribution in [0.15, 0.2) is 35.6 Å². The predicted molar refractivity (Wildman–Crippen MR) is 159 cm³/mol. The molecule has 0 radical (unpaired) electrons. The van der Waals surface area contributed by atoms with Crippen molar-refractivity contribution in [3.8, 4) is 5.75 Å². The van der Waals surface area contributed by atoms with Gasteiger partial charge in [-0.15, -0.1) is 6.58 Å². The van der Waals surface area contributed by atoms with Crippen molar-refractivity contribution in [1.82, 2.24) is 25.2 Å². The van der Waals surface area contributed by atoms with Crippen LogP contribution in [0.2, 0.25) is 0 Å². The Morgan fingerprint density at radius 1 is 1.26 bits per heavy atom. The van der Waals surface area contributed by atoms with Gasteiger partial charge < -0.3 is 25.0 Å². The fourth-order valence-corrected chi connectivity index (χ4v) is 6.94. The molecule has 5 atom stereocenters. The van der Waals surface area contributed by atoms with Gasteiger partial charge in [0, 0.05) is 29.1 Å². The van der Waals surface area contributed by atoms with E-state index < -0.39 is 68.0 Å². The number of alkyl carbamates (subject to hydrolysis) is 1. The highest BCUT2D eigenvalue weighted by Gasteiger charge is 2.62. The Balaban J connectivity index is 1.57. The third kappa shape index (κ3) is 7.48. The topological polar surface area (TPSA) is 173 Å². The number of nitrogens with one attached hydrogen (secondary N) is 3. The third-order valence-electron chi connectivity index (χ3n) is 7.95. The van der Waals surface area contributed by atoms with Crippen LogP contribution in [0.3, 0.4) is 0 Å². The maximum atomic E-state index is 14.0. The summed E-state index contributed by atoms with van der Waals surface area (Å²) in [7, 11) is -2.66. The van der Waals surface area contributed by atoms with Crippen LogP contribution in [-0.2, 0) is 29.1 Å². The van der Waals surface area contributed by atoms with Crippen LogP contribution in [0.1, 0.15) is 46.5 Å². The van der Waals surface area contributed by atoms with Crippen molar-refractivity contribution in [1.29, 1.82) is 0 Å². The molecule has 1 aromatic rings. The summed E-state index contributed by atoms with van der Waals surface area (Å²) in [5.41, 5.74) is -2.24. The highest BCUT2D eigenvalue weighted by atomic mass is 79.9. The summed E-state index contributed by atoms with van der Waals surface area (Å²) in [6, 6.07) is -0.320. The zero-order valence-corrected chi connectivity index (χ0v) is 27.0. The second kappa shape index (κ2) is 12.4. The van der Waals surface area contributed by atoms with Gasteiger partial charge in [0.2, 0.25) is 21.8 Å². The van der Waals surface area contributed by atoms with Gasteiger partial charge in [0.05, 0.1) is 25.2 Å². The first-order chi connectivity index (χ1) is 20.1. The van der Waals surface area contributed by atoms with Crippen molar-refractivity contribution in [2.45, 2.75) is 69.3 Å². The summed E-state index contributed by atoms with van der Waals surface area (Å²) < 4.78 is 38.5. The van der Waals surface area contributed by atoms with E-state index in [2.05, 4.69) is 42.8 Å². The zero-order chi connectivity index (χ0) is 31.7. The Morgan fingerprint density at radius 2 is 1.95 bits per heavy atom. The molecule has 3 fully saturated rings. The number of hydrogen-bond donors (Lipinski definition) is 3. The molecule has 3 N–H and O–H groups in total. The lowest BCUT2D eigenvalue weighted by atomic mass is 9.85. The zero-order valence-electron chi connectivity index (χ0n) is 24.6. The molecule has 0 bridgehead atoms. The molecule has 1 aliphatic heterocycles. The fraction of sp³-hybridized carbons (Fsp3) is 0.607. The second-order valence-corrected chi connectivity index (χ2v) is 15.3. The number of sulfonamides is 1. The smallest absolute Gasteiger partial charge is 0.407 e. The molecule has 2 saturated carbocycles. The number of nitrogens with zero attached hydrogens (tertiary/aromatic N) is 2. The average molecular weight is 685 g/mol. The molecule has 1 aromatic heterocycles. The predicted octanol–water partition coefficient (Wildman–Crippen LogP) is 1.88. The maximum Gasteiger partial charge on any atom is 0.407 e. The van der Waals surface area contributed by atoms with E-state index in [4.69, 9.17) is 9.47 Å². The van der Waals surface area contributed by atoms with Gasteiger partial charge in [0.15, 0.2) is 0 Å². The van der Waals surface area contributed by atoms with Crippen LogP contribution in [0.5, 0.6) is 5.75 Å². The van der Waals surface area contributed by atoms with Gasteiger partial charge in [-0.05, 0) is 53.1 Å². The number of hydrogen-bond acceptors (Lipinski definition) is 9. The number of methoxy groups -OCH3 is 1. The number of carbonyl (C=O) groups is 4. The number of rotatable bonds is 11. The Morgan fingerprint density at radius 3 is 2.51 bits per heavy atom. The van der Waals surface area contributed by atoms with Crippen LogP contribution < -0.4 is 20.1 Å². The minimum Gasteiger partial charge on any atom is -0.492 e. The molecule has 15 heteroatoms. The summed E-state index contributed by atoms with van der Waals surface area (Å²) in [6.45, 7) is 9.35. The van der Waals surface area contributed by atoms with Crippen molar-refractivity contribution in [2.75, 3.05) is 20.3 Å². The number of likely N-dealkylation sites (tertiary alicyclic amines) is 1. The largest absolute Gasteiger partial charge is 0.492 e. The fourth-order valence-electron chi connectivity index (χ4n) is 5.23. The van der Waals surface area contributed by atoms with Crippen LogP contribution in [0.25, 0.3) is 0 Å². The van der Waals surface area contributed by atoms with Crippen LogP contribution in [-0.4, -0.2) is 85.3 Å². The summed E-state index contributed by atoms with van der Waals surface area (Å²) in [5, 5.41) is 4.73. The van der Waals surface area contributed by atoms with Crippen LogP contribution in [0, 0.1) is 17.3 Å². The summed E-state index contributed by atoms with van der Waals surface area (Å²) in [5.74, 6) is -2.21. The minimum absolute atomic E-state index is 0.133. The van der Waals surface area contributed by atoms with Gasteiger partial charge >= 0.3 is 6.09 Å². The monoisotopic (exact) mass is 683 g/mol. The molecule has 0 spiro atoms. The third-order valence-corrected chi connectivity index (χ3v) is 10.2. The molecule has 4 rings (SSSR count). The maximum absolute atomic E-state index is 14.0. The van der Waals surface area contributed by atoms with Gasteiger partial charge in [-0.2, -0.15) is 0 Å². The first kappa shape index (κ1) is 32.7. The summed E-state index contributed by atoms with van der Waals surface area (Å²) >= 11 is 3.35. The average Bonchev–Trinajstić information content (AvgIpc) is 3.86. The quantitative estimate of drug-likeness (QED) is 0.294. The highest BCUT2D eigenvalue weighted by molar-refractivity contribution is 9.10. The Hall–Kier alpha value is -3.20. The SMILES string of the molecule is C=CC1C[C@]1(NC(=O)[C@@H]1C[C@@H](COc2cncc(Br)c2)CN1C(=O)[C@@H](NC(=O)OC)C(C)(C)C)C(=O)NS(=O)(=O)C1CC1. The van der Waals surface area contributed by atoms with Gasteiger partial charge in [-0.25, -0.2) is 13.2 Å². The van der Waals surface area contributed by atoms with Crippen molar-refractivity contribution in [3.63, 3.8) is 0 Å². The van der Waals surface area contributed by atoms with Gasteiger partial charge in [0.1, 0.15) is 23.4 Å².